The van der Waals surface area contributed by atoms with E-state index < -0.39 is 0 Å². The Balaban J connectivity index is 1.95. The van der Waals surface area contributed by atoms with Gasteiger partial charge in [0.25, 0.3) is 0 Å². The number of benzene rings is 3. The lowest BCUT2D eigenvalue weighted by molar-refractivity contribution is 1.09. The normalized spacial score (nSPS) is 10.7. The van der Waals surface area contributed by atoms with Crippen LogP contribution in [0, 0.1) is 0 Å². The third kappa shape index (κ3) is 2.81. The third-order valence-electron chi connectivity index (χ3n) is 4.10. The first-order valence-electron chi connectivity index (χ1n) is 7.91. The Morgan fingerprint density at radius 3 is 1.58 bits per heavy atom. The molecule has 0 N–H and O–H groups in total. The maximum atomic E-state index is 3.52. The number of hydrogen-bond acceptors (Lipinski definition) is 0. The van der Waals surface area contributed by atoms with Gasteiger partial charge in [-0.05, 0) is 47.5 Å². The van der Waals surface area contributed by atoms with Crippen LogP contribution < -0.4 is 0 Å². The second-order valence-corrected chi connectivity index (χ2v) is 6.56. The van der Waals surface area contributed by atoms with E-state index in [-0.39, 0.29) is 0 Å². The Morgan fingerprint density at radius 1 is 0.500 bits per heavy atom. The first-order chi connectivity index (χ1) is 11.8. The zero-order valence-corrected chi connectivity index (χ0v) is 14.6. The summed E-state index contributed by atoms with van der Waals surface area (Å²) in [5, 5.41) is 0. The van der Waals surface area contributed by atoms with Crippen molar-refractivity contribution in [3.63, 3.8) is 0 Å². The summed E-state index contributed by atoms with van der Waals surface area (Å²) in [6.07, 6.45) is 0. The predicted octanol–water partition coefficient (Wildman–Crippen LogP) is 6.57. The molecule has 0 bridgehead atoms. The minimum atomic E-state index is 1.09. The van der Waals surface area contributed by atoms with Crippen LogP contribution in [0.2, 0.25) is 0 Å². The van der Waals surface area contributed by atoms with Gasteiger partial charge >= 0.3 is 0 Å². The van der Waals surface area contributed by atoms with Crippen LogP contribution in [0.25, 0.3) is 28.2 Å². The molecule has 24 heavy (non-hydrogen) atoms. The molecular formula is C22H16BrN. The van der Waals surface area contributed by atoms with Gasteiger partial charge in [-0.2, -0.15) is 0 Å². The number of para-hydroxylation sites is 1. The van der Waals surface area contributed by atoms with Crippen molar-refractivity contribution in [1.82, 2.24) is 4.57 Å². The number of rotatable bonds is 3. The molecule has 0 unspecified atom stereocenters. The quantitative estimate of drug-likeness (QED) is 0.382. The van der Waals surface area contributed by atoms with E-state index in [1.807, 2.05) is 0 Å². The van der Waals surface area contributed by atoms with Gasteiger partial charge in [-0.1, -0.05) is 76.6 Å². The molecule has 0 aliphatic carbocycles. The number of hydrogen-bond donors (Lipinski definition) is 0. The van der Waals surface area contributed by atoms with E-state index in [2.05, 4.69) is 118 Å². The average molecular weight is 374 g/mol. The summed E-state index contributed by atoms with van der Waals surface area (Å²) in [6.45, 7) is 0. The summed E-state index contributed by atoms with van der Waals surface area (Å²) in [5.74, 6) is 0. The van der Waals surface area contributed by atoms with Crippen LogP contribution in [-0.2, 0) is 0 Å². The fourth-order valence-corrected chi connectivity index (χ4v) is 3.24. The lowest BCUT2D eigenvalue weighted by atomic mass is 10.1. The van der Waals surface area contributed by atoms with Crippen LogP contribution >= 0.6 is 15.9 Å². The zero-order chi connectivity index (χ0) is 16.4. The summed E-state index contributed by atoms with van der Waals surface area (Å²) in [6, 6.07) is 33.9. The van der Waals surface area contributed by atoms with Gasteiger partial charge < -0.3 is 4.57 Å². The van der Waals surface area contributed by atoms with Crippen molar-refractivity contribution in [3.8, 4) is 28.2 Å². The van der Waals surface area contributed by atoms with Crippen LogP contribution in [0.1, 0.15) is 0 Å². The van der Waals surface area contributed by atoms with E-state index in [1.54, 1.807) is 0 Å². The zero-order valence-electron chi connectivity index (χ0n) is 13.1. The summed E-state index contributed by atoms with van der Waals surface area (Å²) < 4.78 is 3.41. The molecule has 1 aromatic heterocycles. The van der Waals surface area contributed by atoms with Crippen molar-refractivity contribution < 1.29 is 0 Å². The molecule has 0 amide bonds. The lowest BCUT2D eigenvalue weighted by Gasteiger charge is -2.14. The van der Waals surface area contributed by atoms with E-state index in [4.69, 9.17) is 0 Å². The highest BCUT2D eigenvalue weighted by atomic mass is 79.9. The van der Waals surface area contributed by atoms with E-state index in [1.165, 1.54) is 28.2 Å². The molecule has 4 rings (SSSR count). The SMILES string of the molecule is Brc1ccc(-c2ccc(-c3ccccc3)n2-c2ccccc2)cc1. The largest absolute Gasteiger partial charge is 0.309 e. The molecule has 4 aromatic rings. The summed E-state index contributed by atoms with van der Waals surface area (Å²) in [5.41, 5.74) is 5.96. The van der Waals surface area contributed by atoms with Gasteiger partial charge in [0.05, 0.1) is 11.4 Å². The molecular weight excluding hydrogens is 358 g/mol. The van der Waals surface area contributed by atoms with Gasteiger partial charge in [0, 0.05) is 10.2 Å². The van der Waals surface area contributed by atoms with Gasteiger partial charge in [0.15, 0.2) is 0 Å². The first-order valence-corrected chi connectivity index (χ1v) is 8.71. The highest BCUT2D eigenvalue weighted by molar-refractivity contribution is 9.10. The Labute approximate surface area is 150 Å². The van der Waals surface area contributed by atoms with Crippen molar-refractivity contribution in [3.05, 3.63) is 102 Å². The van der Waals surface area contributed by atoms with E-state index in [0.29, 0.717) is 0 Å². The molecule has 116 valence electrons. The maximum Gasteiger partial charge on any atom is 0.0535 e. The minimum absolute atomic E-state index is 1.09. The molecule has 2 heteroatoms. The Bertz CT molecular complexity index is 938. The first kappa shape index (κ1) is 15.0. The molecule has 0 fully saturated rings. The van der Waals surface area contributed by atoms with Gasteiger partial charge in [0.1, 0.15) is 0 Å². The Kier molecular flexibility index (Phi) is 4.06. The molecule has 0 saturated heterocycles. The maximum absolute atomic E-state index is 3.52. The summed E-state index contributed by atoms with van der Waals surface area (Å²) in [7, 11) is 0. The van der Waals surface area contributed by atoms with Crippen LogP contribution in [0.15, 0.2) is 102 Å². The predicted molar refractivity (Wildman–Crippen MR) is 104 cm³/mol. The highest BCUT2D eigenvalue weighted by Gasteiger charge is 2.13. The topological polar surface area (TPSA) is 4.93 Å². The lowest BCUT2D eigenvalue weighted by Crippen LogP contribution is -1.99. The van der Waals surface area contributed by atoms with Crippen molar-refractivity contribution in [2.45, 2.75) is 0 Å². The van der Waals surface area contributed by atoms with Crippen molar-refractivity contribution in [1.29, 1.82) is 0 Å². The van der Waals surface area contributed by atoms with Crippen LogP contribution in [0.4, 0.5) is 0 Å². The molecule has 1 heterocycles. The van der Waals surface area contributed by atoms with E-state index in [0.717, 1.165) is 4.47 Å². The minimum Gasteiger partial charge on any atom is -0.309 e. The molecule has 0 saturated carbocycles. The number of nitrogens with zero attached hydrogens (tertiary/aromatic N) is 1. The van der Waals surface area contributed by atoms with Crippen LogP contribution in [0.5, 0.6) is 0 Å². The fourth-order valence-electron chi connectivity index (χ4n) is 2.97. The van der Waals surface area contributed by atoms with Gasteiger partial charge in [-0.15, -0.1) is 0 Å². The average Bonchev–Trinajstić information content (AvgIpc) is 3.09. The van der Waals surface area contributed by atoms with E-state index >= 15 is 0 Å². The smallest absolute Gasteiger partial charge is 0.0535 e. The van der Waals surface area contributed by atoms with Crippen molar-refractivity contribution in [2.75, 3.05) is 0 Å². The second-order valence-electron chi connectivity index (χ2n) is 5.65. The van der Waals surface area contributed by atoms with Crippen LogP contribution in [0.3, 0.4) is 0 Å². The fraction of sp³-hybridized carbons (Fsp3) is 0. The summed E-state index contributed by atoms with van der Waals surface area (Å²) >= 11 is 3.52. The molecule has 3 aromatic carbocycles. The van der Waals surface area contributed by atoms with E-state index in [9.17, 15) is 0 Å². The molecule has 0 radical (unpaired) electrons. The highest BCUT2D eigenvalue weighted by Crippen LogP contribution is 2.32. The van der Waals surface area contributed by atoms with Crippen LogP contribution in [-0.4, -0.2) is 4.57 Å². The molecule has 1 nitrogen and oxygen atoms in total. The third-order valence-corrected chi connectivity index (χ3v) is 4.63. The monoisotopic (exact) mass is 373 g/mol. The molecule has 0 spiro atoms. The van der Waals surface area contributed by atoms with Gasteiger partial charge in [0.2, 0.25) is 0 Å². The van der Waals surface area contributed by atoms with Crippen molar-refractivity contribution in [2.24, 2.45) is 0 Å². The molecule has 0 atom stereocenters. The number of aromatic nitrogens is 1. The van der Waals surface area contributed by atoms with Crippen molar-refractivity contribution >= 4 is 15.9 Å². The van der Waals surface area contributed by atoms with Gasteiger partial charge in [-0.25, -0.2) is 0 Å². The standard InChI is InChI=1S/C22H16BrN/c23-19-13-11-18(12-14-19)22-16-15-21(17-7-3-1-4-8-17)24(22)20-9-5-2-6-10-20/h1-16H. The number of halogens is 1. The Morgan fingerprint density at radius 2 is 1.00 bits per heavy atom. The Hall–Kier alpha value is -2.58. The molecule has 0 aliphatic heterocycles. The van der Waals surface area contributed by atoms with Gasteiger partial charge in [-0.3, -0.25) is 0 Å². The molecule has 0 aliphatic rings. The second kappa shape index (κ2) is 6.50. The summed E-state index contributed by atoms with van der Waals surface area (Å²) in [4.78, 5) is 0.